The maximum Gasteiger partial charge on any atom is 0.191 e. The van der Waals surface area contributed by atoms with Crippen LogP contribution in [-0.2, 0) is 9.53 Å². The van der Waals surface area contributed by atoms with E-state index in [0.29, 0.717) is 6.42 Å². The molecule has 1 heterocycles. The number of carbonyl (C=O) groups is 1. The van der Waals surface area contributed by atoms with Gasteiger partial charge >= 0.3 is 0 Å². The molecule has 0 aromatic rings. The van der Waals surface area contributed by atoms with Crippen LogP contribution in [0.15, 0.2) is 0 Å². The fraction of sp³-hybridized carbons (Fsp3) is 0.700. The summed E-state index contributed by atoms with van der Waals surface area (Å²) in [6.07, 6.45) is 3.09. The van der Waals surface area contributed by atoms with E-state index in [-0.39, 0.29) is 18.3 Å². The molecular weight excluding hydrogens is 180 g/mol. The van der Waals surface area contributed by atoms with E-state index in [1.165, 1.54) is 0 Å². The lowest BCUT2D eigenvalue weighted by atomic mass is 10.0. The largest absolute Gasteiger partial charge is 0.378 e. The average molecular weight is 192 g/mol. The van der Waals surface area contributed by atoms with Crippen LogP contribution in [0.25, 0.3) is 0 Å². The van der Waals surface area contributed by atoms with Gasteiger partial charge in [0.25, 0.3) is 0 Å². The molecule has 0 bridgehead atoms. The third kappa shape index (κ3) is 2.83. The molecule has 1 unspecified atom stereocenters. The van der Waals surface area contributed by atoms with Crippen LogP contribution in [0.4, 0.5) is 0 Å². The molecule has 14 heavy (non-hydrogen) atoms. The fourth-order valence-electron chi connectivity index (χ4n) is 1.49. The van der Waals surface area contributed by atoms with Crippen LogP contribution in [0.1, 0.15) is 25.7 Å². The first-order valence-corrected chi connectivity index (χ1v) is 4.71. The van der Waals surface area contributed by atoms with Crippen molar-refractivity contribution in [1.29, 1.82) is 10.5 Å². The topological polar surface area (TPSA) is 73.9 Å². The Balaban J connectivity index is 2.27. The van der Waals surface area contributed by atoms with E-state index in [1.54, 1.807) is 12.1 Å². The van der Waals surface area contributed by atoms with Gasteiger partial charge in [-0.15, -0.1) is 0 Å². The minimum atomic E-state index is -1.10. The summed E-state index contributed by atoms with van der Waals surface area (Å²) in [7, 11) is 0. The normalized spacial score (nSPS) is 20.4. The summed E-state index contributed by atoms with van der Waals surface area (Å²) < 4.78 is 5.33. The van der Waals surface area contributed by atoms with Gasteiger partial charge in [-0.1, -0.05) is 0 Å². The smallest absolute Gasteiger partial charge is 0.191 e. The molecule has 4 nitrogen and oxygen atoms in total. The summed E-state index contributed by atoms with van der Waals surface area (Å²) in [6.45, 7) is 0.763. The van der Waals surface area contributed by atoms with Crippen molar-refractivity contribution in [2.45, 2.75) is 31.8 Å². The monoisotopic (exact) mass is 192 g/mol. The number of ketones is 1. The van der Waals surface area contributed by atoms with Gasteiger partial charge in [0.1, 0.15) is 0 Å². The number of carbonyl (C=O) groups excluding carboxylic acids is 1. The van der Waals surface area contributed by atoms with Crippen LogP contribution in [-0.4, -0.2) is 18.5 Å². The zero-order valence-corrected chi connectivity index (χ0v) is 7.90. The standard InChI is InChI=1S/C10H12N2O2/c11-6-8(7-12)10(13)4-3-9-2-1-5-14-9/h8-9H,1-5H2. The van der Waals surface area contributed by atoms with E-state index in [4.69, 9.17) is 15.3 Å². The van der Waals surface area contributed by atoms with Crippen LogP contribution < -0.4 is 0 Å². The van der Waals surface area contributed by atoms with Crippen molar-refractivity contribution in [2.75, 3.05) is 6.61 Å². The summed E-state index contributed by atoms with van der Waals surface area (Å²) >= 11 is 0. The predicted molar refractivity (Wildman–Crippen MR) is 47.9 cm³/mol. The molecule has 1 saturated heterocycles. The third-order valence-electron chi connectivity index (χ3n) is 2.32. The van der Waals surface area contributed by atoms with Gasteiger partial charge in [-0.3, -0.25) is 4.79 Å². The lowest BCUT2D eigenvalue weighted by Gasteiger charge is -2.07. The Kier molecular flexibility index (Phi) is 4.10. The highest BCUT2D eigenvalue weighted by Gasteiger charge is 2.21. The highest BCUT2D eigenvalue weighted by molar-refractivity contribution is 5.85. The molecule has 0 saturated carbocycles. The van der Waals surface area contributed by atoms with E-state index in [1.807, 2.05) is 0 Å². The van der Waals surface area contributed by atoms with Crippen molar-refractivity contribution in [3.05, 3.63) is 0 Å². The van der Waals surface area contributed by atoms with Crippen molar-refractivity contribution in [3.63, 3.8) is 0 Å². The highest BCUT2D eigenvalue weighted by atomic mass is 16.5. The molecule has 1 aliphatic rings. The van der Waals surface area contributed by atoms with Crippen LogP contribution in [0.3, 0.4) is 0 Å². The molecule has 4 heteroatoms. The molecular formula is C10H12N2O2. The van der Waals surface area contributed by atoms with Crippen LogP contribution >= 0.6 is 0 Å². The van der Waals surface area contributed by atoms with Gasteiger partial charge < -0.3 is 4.74 Å². The van der Waals surface area contributed by atoms with Gasteiger partial charge in [0.05, 0.1) is 18.2 Å². The summed E-state index contributed by atoms with van der Waals surface area (Å²) in [6, 6.07) is 3.35. The van der Waals surface area contributed by atoms with Gasteiger partial charge in [-0.2, -0.15) is 10.5 Å². The summed E-state index contributed by atoms with van der Waals surface area (Å²) in [5, 5.41) is 16.9. The summed E-state index contributed by atoms with van der Waals surface area (Å²) in [5.74, 6) is -1.39. The van der Waals surface area contributed by atoms with Crippen LogP contribution in [0.2, 0.25) is 0 Å². The van der Waals surface area contributed by atoms with Crippen molar-refractivity contribution < 1.29 is 9.53 Å². The number of nitriles is 2. The SMILES string of the molecule is N#CC(C#N)C(=O)CCC1CCCO1. The Labute approximate surface area is 83.1 Å². The highest BCUT2D eigenvalue weighted by Crippen LogP contribution is 2.17. The minimum absolute atomic E-state index is 0.150. The van der Waals surface area contributed by atoms with Crippen LogP contribution in [0.5, 0.6) is 0 Å². The Hall–Kier alpha value is -1.39. The van der Waals surface area contributed by atoms with Gasteiger partial charge in [0, 0.05) is 13.0 Å². The zero-order valence-electron chi connectivity index (χ0n) is 7.90. The second-order valence-electron chi connectivity index (χ2n) is 3.33. The van der Waals surface area contributed by atoms with E-state index in [2.05, 4.69) is 0 Å². The number of ether oxygens (including phenoxy) is 1. The molecule has 0 aromatic carbocycles. The third-order valence-corrected chi connectivity index (χ3v) is 2.32. The Morgan fingerprint density at radius 2 is 2.21 bits per heavy atom. The quantitative estimate of drug-likeness (QED) is 0.670. The van der Waals surface area contributed by atoms with Crippen molar-refractivity contribution in [1.82, 2.24) is 0 Å². The lowest BCUT2D eigenvalue weighted by molar-refractivity contribution is -0.120. The summed E-state index contributed by atoms with van der Waals surface area (Å²) in [5.41, 5.74) is 0. The van der Waals surface area contributed by atoms with Crippen molar-refractivity contribution in [2.24, 2.45) is 5.92 Å². The molecule has 0 aromatic heterocycles. The van der Waals surface area contributed by atoms with E-state index in [9.17, 15) is 4.79 Å². The maximum atomic E-state index is 11.3. The zero-order chi connectivity index (χ0) is 10.4. The number of hydrogen-bond donors (Lipinski definition) is 0. The molecule has 0 amide bonds. The van der Waals surface area contributed by atoms with E-state index < -0.39 is 5.92 Å². The molecule has 0 spiro atoms. The molecule has 74 valence electrons. The maximum absolute atomic E-state index is 11.3. The molecule has 0 radical (unpaired) electrons. The molecule has 1 atom stereocenters. The second kappa shape index (κ2) is 5.36. The van der Waals surface area contributed by atoms with Gasteiger partial charge in [0.2, 0.25) is 0 Å². The number of Topliss-reactive ketones (excluding diaryl/α,β-unsaturated/α-hetero) is 1. The molecule has 0 aliphatic carbocycles. The fourth-order valence-corrected chi connectivity index (χ4v) is 1.49. The first kappa shape index (κ1) is 10.7. The van der Waals surface area contributed by atoms with E-state index in [0.717, 1.165) is 19.4 Å². The number of hydrogen-bond acceptors (Lipinski definition) is 4. The Morgan fingerprint density at radius 1 is 1.50 bits per heavy atom. The second-order valence-corrected chi connectivity index (χ2v) is 3.33. The van der Waals surface area contributed by atoms with E-state index >= 15 is 0 Å². The lowest BCUT2D eigenvalue weighted by Crippen LogP contribution is -2.14. The molecule has 1 aliphatic heterocycles. The van der Waals surface area contributed by atoms with Crippen molar-refractivity contribution >= 4 is 5.78 Å². The van der Waals surface area contributed by atoms with Gasteiger partial charge in [-0.25, -0.2) is 0 Å². The molecule has 1 rings (SSSR count). The molecule has 0 N–H and O–H groups in total. The Morgan fingerprint density at radius 3 is 2.71 bits per heavy atom. The van der Waals surface area contributed by atoms with Crippen LogP contribution in [0, 0.1) is 28.6 Å². The van der Waals surface area contributed by atoms with Gasteiger partial charge in [-0.05, 0) is 19.3 Å². The van der Waals surface area contributed by atoms with Gasteiger partial charge in [0.15, 0.2) is 11.7 Å². The summed E-state index contributed by atoms with van der Waals surface area (Å²) in [4.78, 5) is 11.3. The number of nitrogens with zero attached hydrogens (tertiary/aromatic N) is 2. The predicted octanol–water partition coefficient (Wildman–Crippen LogP) is 1.18. The number of rotatable bonds is 4. The Bertz CT molecular complexity index is 267. The first-order valence-electron chi connectivity index (χ1n) is 4.71. The average Bonchev–Trinajstić information content (AvgIpc) is 2.69. The molecule has 1 fully saturated rings. The first-order chi connectivity index (χ1) is 6.77. The minimum Gasteiger partial charge on any atom is -0.378 e. The van der Waals surface area contributed by atoms with Crippen molar-refractivity contribution in [3.8, 4) is 12.1 Å².